The van der Waals surface area contributed by atoms with Gasteiger partial charge in [0.2, 0.25) is 0 Å². The molecule has 0 radical (unpaired) electrons. The first-order chi connectivity index (χ1) is 30.6. The van der Waals surface area contributed by atoms with Crippen LogP contribution in [0.5, 0.6) is 0 Å². The van der Waals surface area contributed by atoms with Gasteiger partial charge in [-0.3, -0.25) is 9.59 Å². The first-order valence-electron chi connectivity index (χ1n) is 22.6. The number of hydrogen-bond acceptors (Lipinski definition) is 17. The number of carbonyl (C=O) groups is 2. The molecule has 0 unspecified atom stereocenters. The van der Waals surface area contributed by atoms with Crippen molar-refractivity contribution in [3.63, 3.8) is 0 Å². The van der Waals surface area contributed by atoms with Crippen molar-refractivity contribution in [3.8, 4) is 0 Å². The average Bonchev–Trinajstić information content (AvgIpc) is 3.21. The van der Waals surface area contributed by atoms with Crippen LogP contribution in [0.1, 0.15) is 91.9 Å². The quantitative estimate of drug-likeness (QED) is 0.175. The topological polar surface area (TPSA) is 320 Å². The van der Waals surface area contributed by atoms with Gasteiger partial charge in [-0.05, 0) is 52.4 Å². The lowest BCUT2D eigenvalue weighted by Gasteiger charge is -2.45. The fourth-order valence-corrected chi connectivity index (χ4v) is 8.11. The monoisotopic (exact) mass is 926 g/mol. The number of aliphatic carboxylic acids is 1. The Morgan fingerprint density at radius 3 is 1.94 bits per heavy atom. The Morgan fingerprint density at radius 1 is 0.692 bits per heavy atom. The highest BCUT2D eigenvalue weighted by Crippen LogP contribution is 2.38. The molecule has 18 nitrogen and oxygen atoms in total. The molecular formula is C47H75NO17. The summed E-state index contributed by atoms with van der Waals surface area (Å²) in [5.41, 5.74) is 6.02. The van der Waals surface area contributed by atoms with Crippen molar-refractivity contribution >= 4 is 11.9 Å². The molecule has 0 saturated carbocycles. The van der Waals surface area contributed by atoms with Crippen molar-refractivity contribution in [1.82, 2.24) is 0 Å². The number of ether oxygens (including phenoxy) is 4. The zero-order chi connectivity index (χ0) is 48.4. The maximum absolute atomic E-state index is 12.6. The van der Waals surface area contributed by atoms with Gasteiger partial charge in [0.15, 0.2) is 12.1 Å². The molecule has 18 heteroatoms. The SMILES string of the molecule is C[C@@H]1[C@H](O)[C@@H](C)/C=C/C=C/CC/C=C/C=C/C=C/C=C/[C@H](O[C@H]2O[C@@H](C)[C@H](O)[C@@H](N)[C@@H]2O)C[C@@H]2O[C@](O)(C[C@@H](O)[C@H](O)CC[C@@H](O)C[C@@H](O)C[C@@H](O)CC(=O)O[C@H]1C)C[C@H](O)[C@H]2C(=O)O. The second-order valence-electron chi connectivity index (χ2n) is 17.8. The first-order valence-corrected chi connectivity index (χ1v) is 22.6. The van der Waals surface area contributed by atoms with Gasteiger partial charge in [0, 0.05) is 31.1 Å². The number of cyclic esters (lactones) is 1. The Hall–Kier alpha value is -3.18. The summed E-state index contributed by atoms with van der Waals surface area (Å²) >= 11 is 0. The second kappa shape index (κ2) is 27.6. The second-order valence-corrected chi connectivity index (χ2v) is 17.8. The van der Waals surface area contributed by atoms with Crippen molar-refractivity contribution in [3.05, 3.63) is 72.9 Å². The van der Waals surface area contributed by atoms with Gasteiger partial charge in [0.05, 0.1) is 79.6 Å². The molecule has 0 amide bonds. The fourth-order valence-electron chi connectivity index (χ4n) is 8.11. The van der Waals surface area contributed by atoms with E-state index in [1.165, 1.54) is 13.0 Å². The Bertz CT molecular complexity index is 1620. The molecule has 0 aromatic carbocycles. The van der Waals surface area contributed by atoms with E-state index in [1.54, 1.807) is 38.2 Å². The van der Waals surface area contributed by atoms with Crippen LogP contribution in [0.3, 0.4) is 0 Å². The van der Waals surface area contributed by atoms with Gasteiger partial charge in [-0.25, -0.2) is 0 Å². The minimum atomic E-state index is -2.35. The molecule has 2 bridgehead atoms. The molecule has 0 aromatic heterocycles. The number of allylic oxidation sites excluding steroid dienone is 10. The molecule has 3 aliphatic rings. The standard InChI is InChI=1S/C47H75NO17/c1-27-17-15-13-11-9-7-5-6-8-10-12-14-16-18-34(64-46-44(58)41(48)43(57)30(4)63-46)24-38-40(45(59)60)37(54)26-47(61,65-38)25-36(53)35(52)20-19-31(49)21-32(50)22-33(51)23-39(55)62-29(3)28(2)42(27)56/h5-6,8,10-18,27-38,40-44,46,49-54,56-58,61H,7,9,19-26,48H2,1-4H3,(H,59,60)/b6-5+,10-8+,13-11+,14-12+,17-15+,18-16+/t27-,28-,29-,30-,31+,32+,33+,34-,35+,36+,37-,38-,40+,41+,42+,43-,44-,46+,47+/m0/s1. The van der Waals surface area contributed by atoms with Crippen LogP contribution in [0.25, 0.3) is 0 Å². The van der Waals surface area contributed by atoms with Crippen LogP contribution < -0.4 is 5.73 Å². The first kappa shape index (κ1) is 56.1. The lowest BCUT2D eigenvalue weighted by Crippen LogP contribution is -2.61. The van der Waals surface area contributed by atoms with Crippen LogP contribution in [-0.4, -0.2) is 166 Å². The van der Waals surface area contributed by atoms with Crippen molar-refractivity contribution < 1.29 is 84.7 Å². The number of carbonyl (C=O) groups excluding carboxylic acids is 1. The number of aliphatic hydroxyl groups excluding tert-OH is 9. The smallest absolute Gasteiger partial charge is 0.311 e. The molecule has 0 aliphatic carbocycles. The number of aliphatic hydroxyl groups is 10. The predicted molar refractivity (Wildman–Crippen MR) is 237 cm³/mol. The van der Waals surface area contributed by atoms with Gasteiger partial charge in [0.1, 0.15) is 18.1 Å². The fraction of sp³-hybridized carbons (Fsp3) is 0.702. The van der Waals surface area contributed by atoms with Gasteiger partial charge in [-0.15, -0.1) is 0 Å². The van der Waals surface area contributed by atoms with Crippen molar-refractivity contribution in [1.29, 1.82) is 0 Å². The maximum Gasteiger partial charge on any atom is 0.311 e. The number of carboxylic acid groups (broad SMARTS) is 1. The highest BCUT2D eigenvalue weighted by molar-refractivity contribution is 5.71. The van der Waals surface area contributed by atoms with E-state index in [-0.39, 0.29) is 38.0 Å². The molecule has 370 valence electrons. The van der Waals surface area contributed by atoms with Crippen LogP contribution in [0.15, 0.2) is 72.9 Å². The molecule has 2 fully saturated rings. The lowest BCUT2D eigenvalue weighted by molar-refractivity contribution is -0.310. The molecule has 19 atom stereocenters. The Morgan fingerprint density at radius 2 is 1.28 bits per heavy atom. The lowest BCUT2D eigenvalue weighted by atomic mass is 9.82. The third-order valence-electron chi connectivity index (χ3n) is 12.2. The molecule has 3 rings (SSSR count). The van der Waals surface area contributed by atoms with E-state index in [2.05, 4.69) is 0 Å². The van der Waals surface area contributed by atoms with Crippen molar-refractivity contribution in [2.24, 2.45) is 23.5 Å². The van der Waals surface area contributed by atoms with Crippen molar-refractivity contribution in [2.75, 3.05) is 0 Å². The number of nitrogens with two attached hydrogens (primary N) is 1. The van der Waals surface area contributed by atoms with Crippen LogP contribution >= 0.6 is 0 Å². The normalized spacial score (nSPS) is 45.2. The molecule has 13 N–H and O–H groups in total. The zero-order valence-corrected chi connectivity index (χ0v) is 37.8. The van der Waals surface area contributed by atoms with Gasteiger partial charge in [0.25, 0.3) is 0 Å². The summed E-state index contributed by atoms with van der Waals surface area (Å²) in [6, 6.07) is -1.14. The van der Waals surface area contributed by atoms with Gasteiger partial charge >= 0.3 is 11.9 Å². The number of rotatable bonds is 3. The minimum absolute atomic E-state index is 0.138. The zero-order valence-electron chi connectivity index (χ0n) is 37.8. The Kier molecular flexibility index (Phi) is 23.8. The number of hydrogen-bond donors (Lipinski definition) is 12. The van der Waals surface area contributed by atoms with E-state index in [0.717, 1.165) is 12.8 Å². The highest BCUT2D eigenvalue weighted by atomic mass is 16.7. The molecular weight excluding hydrogens is 851 g/mol. The molecule has 3 heterocycles. The summed E-state index contributed by atoms with van der Waals surface area (Å²) in [4.78, 5) is 25.1. The summed E-state index contributed by atoms with van der Waals surface area (Å²) in [6.07, 6.45) is 2.28. The van der Waals surface area contributed by atoms with Gasteiger partial charge in [-0.2, -0.15) is 0 Å². The average molecular weight is 926 g/mol. The third kappa shape index (κ3) is 18.8. The van der Waals surface area contributed by atoms with Crippen LogP contribution in [-0.2, 0) is 28.5 Å². The Labute approximate surface area is 381 Å². The van der Waals surface area contributed by atoms with Crippen LogP contribution in [0.4, 0.5) is 0 Å². The third-order valence-corrected chi connectivity index (χ3v) is 12.2. The highest BCUT2D eigenvalue weighted by Gasteiger charge is 2.51. The molecule has 3 aliphatic heterocycles. The summed E-state index contributed by atoms with van der Waals surface area (Å²) < 4.78 is 23.2. The minimum Gasteiger partial charge on any atom is -0.481 e. The van der Waals surface area contributed by atoms with Crippen molar-refractivity contribution in [2.45, 2.75) is 189 Å². The van der Waals surface area contributed by atoms with E-state index in [9.17, 15) is 65.8 Å². The van der Waals surface area contributed by atoms with E-state index in [0.29, 0.717) is 0 Å². The molecule has 2 saturated heterocycles. The summed E-state index contributed by atoms with van der Waals surface area (Å²) in [7, 11) is 0. The Balaban J connectivity index is 1.84. The number of fused-ring (bicyclic) bond motifs is 2. The van der Waals surface area contributed by atoms with E-state index >= 15 is 0 Å². The summed E-state index contributed by atoms with van der Waals surface area (Å²) in [5, 5.41) is 118. The van der Waals surface area contributed by atoms with Crippen LogP contribution in [0, 0.1) is 17.8 Å². The van der Waals surface area contributed by atoms with Gasteiger partial charge in [-0.1, -0.05) is 86.8 Å². The van der Waals surface area contributed by atoms with E-state index in [4.69, 9.17) is 24.7 Å². The number of carboxylic acids is 1. The largest absolute Gasteiger partial charge is 0.481 e. The van der Waals surface area contributed by atoms with Crippen LogP contribution in [0.2, 0.25) is 0 Å². The number of esters is 1. The molecule has 0 spiro atoms. The summed E-state index contributed by atoms with van der Waals surface area (Å²) in [6.45, 7) is 6.78. The maximum atomic E-state index is 12.6. The summed E-state index contributed by atoms with van der Waals surface area (Å²) in [5.74, 6) is -6.82. The predicted octanol–water partition coefficient (Wildman–Crippen LogP) is 0.936. The van der Waals surface area contributed by atoms with E-state index < -0.39 is 141 Å². The van der Waals surface area contributed by atoms with Gasteiger partial charge < -0.3 is 80.9 Å². The van der Waals surface area contributed by atoms with E-state index in [1.807, 2.05) is 49.5 Å². The molecule has 0 aromatic rings. The molecule has 65 heavy (non-hydrogen) atoms.